The van der Waals surface area contributed by atoms with E-state index in [0.717, 1.165) is 13.0 Å². The maximum absolute atomic E-state index is 11.3. The van der Waals surface area contributed by atoms with Crippen molar-refractivity contribution in [3.8, 4) is 0 Å². The van der Waals surface area contributed by atoms with Gasteiger partial charge in [0.05, 0.1) is 0 Å². The summed E-state index contributed by atoms with van der Waals surface area (Å²) in [4.78, 5) is 13.6. The molecule has 16 heavy (non-hydrogen) atoms. The molecule has 2 unspecified atom stereocenters. The molecule has 1 amide bonds. The number of nitrogens with one attached hydrogen (secondary N) is 1. The molecule has 3 N–H and O–H groups in total. The van der Waals surface area contributed by atoms with E-state index in [-0.39, 0.29) is 11.9 Å². The van der Waals surface area contributed by atoms with Gasteiger partial charge in [-0.15, -0.1) is 0 Å². The highest BCUT2D eigenvalue weighted by Crippen LogP contribution is 2.20. The number of amides is 1. The maximum atomic E-state index is 11.3. The lowest BCUT2D eigenvalue weighted by Crippen LogP contribution is -2.48. The zero-order valence-electron chi connectivity index (χ0n) is 10.5. The molecule has 1 rings (SSSR count). The van der Waals surface area contributed by atoms with Crippen LogP contribution in [0.5, 0.6) is 0 Å². The molecule has 1 aliphatic rings. The first-order valence-electron chi connectivity index (χ1n) is 6.37. The number of nitrogens with zero attached hydrogens (tertiary/aromatic N) is 1. The van der Waals surface area contributed by atoms with E-state index in [1.165, 1.54) is 19.3 Å². The second-order valence-corrected chi connectivity index (χ2v) is 4.70. The van der Waals surface area contributed by atoms with Crippen LogP contribution in [0.4, 0.5) is 0 Å². The summed E-state index contributed by atoms with van der Waals surface area (Å²) in [6.45, 7) is 3.47. The molecule has 1 aliphatic carbocycles. The smallest absolute Gasteiger partial charge is 0.221 e. The van der Waals surface area contributed by atoms with Crippen molar-refractivity contribution >= 4 is 5.91 Å². The first-order chi connectivity index (χ1) is 7.65. The molecule has 0 heterocycles. The summed E-state index contributed by atoms with van der Waals surface area (Å²) in [6.07, 6.45) is 5.39. The van der Waals surface area contributed by atoms with E-state index in [0.29, 0.717) is 19.0 Å². The summed E-state index contributed by atoms with van der Waals surface area (Å²) in [5, 5.41) is 2.82. The molecule has 0 radical (unpaired) electrons. The van der Waals surface area contributed by atoms with E-state index in [9.17, 15) is 4.79 Å². The van der Waals surface area contributed by atoms with Crippen LogP contribution in [0.1, 0.15) is 39.0 Å². The highest BCUT2D eigenvalue weighted by Gasteiger charge is 2.25. The minimum absolute atomic E-state index is 0.138. The third kappa shape index (κ3) is 4.10. The van der Waals surface area contributed by atoms with Gasteiger partial charge in [0.2, 0.25) is 5.91 Å². The van der Waals surface area contributed by atoms with Gasteiger partial charge in [-0.1, -0.05) is 12.8 Å². The molecule has 0 bridgehead atoms. The molecule has 0 spiro atoms. The van der Waals surface area contributed by atoms with Gasteiger partial charge in [-0.25, -0.2) is 0 Å². The summed E-state index contributed by atoms with van der Waals surface area (Å²) < 4.78 is 0. The number of likely N-dealkylation sites (N-methyl/N-ethyl adjacent to an activating group) is 1. The van der Waals surface area contributed by atoms with E-state index in [4.69, 9.17) is 5.73 Å². The zero-order valence-corrected chi connectivity index (χ0v) is 10.5. The van der Waals surface area contributed by atoms with Crippen LogP contribution in [0.2, 0.25) is 0 Å². The number of carbonyl (C=O) groups is 1. The van der Waals surface area contributed by atoms with Crippen molar-refractivity contribution in [2.24, 2.45) is 5.73 Å². The van der Waals surface area contributed by atoms with E-state index in [2.05, 4.69) is 17.3 Å². The van der Waals surface area contributed by atoms with Gasteiger partial charge >= 0.3 is 0 Å². The third-order valence-corrected chi connectivity index (χ3v) is 3.41. The Kier molecular flexibility index (Phi) is 5.77. The number of carbonyl (C=O) groups excluding carboxylic acids is 1. The lowest BCUT2D eigenvalue weighted by Gasteiger charge is -2.35. The highest BCUT2D eigenvalue weighted by atomic mass is 16.1. The van der Waals surface area contributed by atoms with Gasteiger partial charge in [-0.05, 0) is 26.8 Å². The minimum Gasteiger partial charge on any atom is -0.356 e. The molecule has 2 atom stereocenters. The summed E-state index contributed by atoms with van der Waals surface area (Å²) in [7, 11) is 2.08. The Labute approximate surface area is 98.6 Å². The van der Waals surface area contributed by atoms with Gasteiger partial charge in [0, 0.05) is 31.6 Å². The topological polar surface area (TPSA) is 58.4 Å². The van der Waals surface area contributed by atoms with Crippen molar-refractivity contribution < 1.29 is 4.79 Å². The highest BCUT2D eigenvalue weighted by molar-refractivity contribution is 5.75. The molecular weight excluding hydrogens is 202 g/mol. The number of nitrogens with two attached hydrogens (primary N) is 1. The van der Waals surface area contributed by atoms with Crippen molar-refractivity contribution in [3.05, 3.63) is 0 Å². The lowest BCUT2D eigenvalue weighted by molar-refractivity contribution is -0.121. The second-order valence-electron chi connectivity index (χ2n) is 4.70. The van der Waals surface area contributed by atoms with Crippen LogP contribution in [-0.4, -0.2) is 43.0 Å². The van der Waals surface area contributed by atoms with Gasteiger partial charge in [0.1, 0.15) is 0 Å². The van der Waals surface area contributed by atoms with Crippen LogP contribution in [-0.2, 0) is 4.79 Å². The largest absolute Gasteiger partial charge is 0.356 e. The molecule has 4 heteroatoms. The van der Waals surface area contributed by atoms with E-state index in [1.54, 1.807) is 0 Å². The summed E-state index contributed by atoms with van der Waals surface area (Å²) in [5.74, 6) is 0.138. The number of hydrogen-bond acceptors (Lipinski definition) is 3. The Morgan fingerprint density at radius 1 is 1.44 bits per heavy atom. The van der Waals surface area contributed by atoms with E-state index < -0.39 is 0 Å². The molecule has 0 aromatic rings. The van der Waals surface area contributed by atoms with Crippen LogP contribution >= 0.6 is 0 Å². The number of hydrogen-bond donors (Lipinski definition) is 2. The van der Waals surface area contributed by atoms with Crippen molar-refractivity contribution in [1.29, 1.82) is 0 Å². The molecule has 1 fully saturated rings. The van der Waals surface area contributed by atoms with Crippen LogP contribution in [0.15, 0.2) is 0 Å². The molecule has 94 valence electrons. The Morgan fingerprint density at radius 3 is 2.75 bits per heavy atom. The van der Waals surface area contributed by atoms with Crippen LogP contribution < -0.4 is 11.1 Å². The SMILES string of the molecule is CCNC(=O)CCN(C)C1CCCCC1N. The molecule has 0 aromatic carbocycles. The summed E-state index contributed by atoms with van der Waals surface area (Å²) in [5.41, 5.74) is 6.10. The van der Waals surface area contributed by atoms with Crippen molar-refractivity contribution in [1.82, 2.24) is 10.2 Å². The van der Waals surface area contributed by atoms with Gasteiger partial charge in [-0.3, -0.25) is 4.79 Å². The quantitative estimate of drug-likeness (QED) is 0.727. The summed E-state index contributed by atoms with van der Waals surface area (Å²) in [6, 6.07) is 0.746. The molecule has 4 nitrogen and oxygen atoms in total. The number of rotatable bonds is 5. The molecule has 0 saturated heterocycles. The Bertz CT molecular complexity index is 220. The predicted octanol–water partition coefficient (Wildman–Crippen LogP) is 0.714. The first-order valence-corrected chi connectivity index (χ1v) is 6.37. The summed E-state index contributed by atoms with van der Waals surface area (Å²) >= 11 is 0. The molecule has 0 aromatic heterocycles. The van der Waals surface area contributed by atoms with Gasteiger partial charge in [-0.2, -0.15) is 0 Å². The Hall–Kier alpha value is -0.610. The van der Waals surface area contributed by atoms with E-state index >= 15 is 0 Å². The van der Waals surface area contributed by atoms with Crippen molar-refractivity contribution in [2.75, 3.05) is 20.1 Å². The van der Waals surface area contributed by atoms with Gasteiger partial charge in [0.15, 0.2) is 0 Å². The molecule has 1 saturated carbocycles. The van der Waals surface area contributed by atoms with Crippen molar-refractivity contribution in [2.45, 2.75) is 51.1 Å². The average Bonchev–Trinajstić information content (AvgIpc) is 2.27. The van der Waals surface area contributed by atoms with Crippen LogP contribution in [0.3, 0.4) is 0 Å². The van der Waals surface area contributed by atoms with Crippen molar-refractivity contribution in [3.63, 3.8) is 0 Å². The first kappa shape index (κ1) is 13.5. The fraction of sp³-hybridized carbons (Fsp3) is 0.917. The standard InChI is InChI=1S/C12H25N3O/c1-3-14-12(16)8-9-15(2)11-7-5-4-6-10(11)13/h10-11H,3-9,13H2,1-2H3,(H,14,16). The molecule has 0 aliphatic heterocycles. The fourth-order valence-corrected chi connectivity index (χ4v) is 2.42. The molecular formula is C12H25N3O. The zero-order chi connectivity index (χ0) is 12.0. The normalized spacial score (nSPS) is 25.8. The predicted molar refractivity (Wildman–Crippen MR) is 66.2 cm³/mol. The second kappa shape index (κ2) is 6.86. The third-order valence-electron chi connectivity index (χ3n) is 3.41. The monoisotopic (exact) mass is 227 g/mol. The van der Waals surface area contributed by atoms with Crippen LogP contribution in [0, 0.1) is 0 Å². The average molecular weight is 227 g/mol. The lowest BCUT2D eigenvalue weighted by atomic mass is 9.90. The van der Waals surface area contributed by atoms with E-state index in [1.807, 2.05) is 6.92 Å². The fourth-order valence-electron chi connectivity index (χ4n) is 2.42. The van der Waals surface area contributed by atoms with Gasteiger partial charge in [0.25, 0.3) is 0 Å². The minimum atomic E-state index is 0.138. The Balaban J connectivity index is 2.27. The Morgan fingerprint density at radius 2 is 2.12 bits per heavy atom. The van der Waals surface area contributed by atoms with Crippen LogP contribution in [0.25, 0.3) is 0 Å². The van der Waals surface area contributed by atoms with Gasteiger partial charge < -0.3 is 16.0 Å². The maximum Gasteiger partial charge on any atom is 0.221 e.